The minimum Gasteiger partial charge on any atom is -0.748 e. The van der Waals surface area contributed by atoms with E-state index in [0.29, 0.717) is 29.6 Å². The molecule has 0 aliphatic carbocycles. The van der Waals surface area contributed by atoms with Crippen molar-refractivity contribution in [2.75, 3.05) is 11.7 Å². The molecule has 0 bridgehead atoms. The van der Waals surface area contributed by atoms with E-state index in [2.05, 4.69) is 159 Å². The molecule has 0 heterocycles. The van der Waals surface area contributed by atoms with Crippen LogP contribution in [0.3, 0.4) is 0 Å². The average Bonchev–Trinajstić information content (AvgIpc) is 3.39. The van der Waals surface area contributed by atoms with Gasteiger partial charge >= 0.3 is 42.1 Å². The van der Waals surface area contributed by atoms with Crippen LogP contribution in [0.25, 0.3) is 6.08 Å². The van der Waals surface area contributed by atoms with Gasteiger partial charge in [0, 0.05) is 123 Å². The van der Waals surface area contributed by atoms with Crippen molar-refractivity contribution >= 4 is 26.3 Å². The molecule has 0 fully saturated rings. The van der Waals surface area contributed by atoms with Gasteiger partial charge in [-0.1, -0.05) is 124 Å². The monoisotopic (exact) mass is 2280 g/mol. The number of rotatable bonds is 14. The molecule has 0 saturated heterocycles. The van der Waals surface area contributed by atoms with Crippen LogP contribution < -0.4 is 0 Å². The number of hydrogen-bond donors (Lipinski definition) is 1. The Kier molecular flexibility index (Phi) is 117. The number of benzene rings is 6. The maximum atomic E-state index is 9.44. The Bertz CT molecular complexity index is 2200. The van der Waals surface area contributed by atoms with E-state index in [-0.39, 0.29) is 220 Å². The van der Waals surface area contributed by atoms with Gasteiger partial charge in [-0.25, -0.2) is 16.8 Å². The van der Waals surface area contributed by atoms with Crippen LogP contribution in [-0.4, -0.2) is 53.7 Å². The molecular weight excluding hydrogens is 2180 g/mol. The predicted molar refractivity (Wildman–Crippen MR) is 328 cm³/mol. The molecule has 18 heteroatoms. The Labute approximate surface area is 621 Å². The summed E-state index contributed by atoms with van der Waals surface area (Å²) < 4.78 is 55.9. The first-order valence-electron chi connectivity index (χ1n) is 23.3. The molecule has 5 N–H and O–H groups in total. The number of aliphatic hydroxyl groups is 1. The third-order valence-corrected chi connectivity index (χ3v) is 12.0. The Morgan fingerprint density at radius 1 is 0.446 bits per heavy atom. The zero-order valence-corrected chi connectivity index (χ0v) is 69.8. The molecule has 6 aromatic rings. The molecule has 9 nitrogen and oxygen atoms in total. The molecule has 0 amide bonds. The van der Waals surface area contributed by atoms with E-state index in [1.54, 1.807) is 0 Å². The van der Waals surface area contributed by atoms with Crippen molar-refractivity contribution in [3.05, 3.63) is 237 Å². The smallest absolute Gasteiger partial charge is 0.748 e. The van der Waals surface area contributed by atoms with Crippen LogP contribution in [0.1, 0.15) is 187 Å². The summed E-state index contributed by atoms with van der Waals surface area (Å²) in [4.78, 5) is 0. The average molecular weight is 2280 g/mol. The minimum atomic E-state index is -4.36. The maximum absolute atomic E-state index is 9.44. The third kappa shape index (κ3) is 67.8. The largest absolute Gasteiger partial charge is 2.00 e. The standard InChI is InChI=1S/C18H20.3C10H13.C8H7.C2H6O3S.CH4O4S.4CH4.2CH3.2H2O.6W.Y/c1-3-16(18-12-8-5-9-13-18)14-15(2)17-10-6-4-7-11-17;3*1-3-9(2)10-7-5-4-6-8-10;1-2-8-6-4-3-5-7-8;1-2-6(3,4)5;2-1-6(3,4)5;;;;;;;;;;;;;;;/h6-13,15-16H,3,14H2,1-2H3;3*5-9H,3H2,1-2H3;2,4-7H,1H2;2H2,1H3,(H,3,4,5);2H,1H2,(H,3,4,5);4*1H4;2*1H3;2*1H2;;;;;;;/q-2;4*-1;;;;;;;2*-1;;;;;;;2*+2;/p-2. The second-order valence-electron chi connectivity index (χ2n) is 15.9. The molecule has 5 unspecified atom stereocenters. The fourth-order valence-electron chi connectivity index (χ4n) is 5.93. The first-order chi connectivity index (χ1) is 32.4. The van der Waals surface area contributed by atoms with Crippen molar-refractivity contribution in [1.82, 2.24) is 0 Å². The van der Waals surface area contributed by atoms with Gasteiger partial charge in [-0.15, -0.1) is 12.1 Å². The molecule has 1 radical (unpaired) electrons. The Morgan fingerprint density at radius 3 is 0.795 bits per heavy atom. The van der Waals surface area contributed by atoms with Gasteiger partial charge in [0.2, 0.25) is 0 Å². The van der Waals surface area contributed by atoms with Crippen molar-refractivity contribution in [3.8, 4) is 0 Å². The minimum absolute atomic E-state index is 0. The van der Waals surface area contributed by atoms with Gasteiger partial charge in [0.05, 0.1) is 10.1 Å². The molecule has 0 saturated carbocycles. The van der Waals surface area contributed by atoms with E-state index in [4.69, 9.17) is 5.11 Å². The third-order valence-electron chi connectivity index (χ3n) is 10.9. The summed E-state index contributed by atoms with van der Waals surface area (Å²) >= 11 is 0. The van der Waals surface area contributed by atoms with Crippen molar-refractivity contribution in [2.24, 2.45) is 0 Å². The summed E-state index contributed by atoms with van der Waals surface area (Å²) in [5.74, 6) is 1.67. The van der Waals surface area contributed by atoms with Crippen LogP contribution in [0.15, 0.2) is 152 Å². The molecule has 83 heavy (non-hydrogen) atoms. The molecule has 0 spiro atoms. The molecule has 0 aromatic heterocycles. The van der Waals surface area contributed by atoms with E-state index < -0.39 is 26.2 Å². The second kappa shape index (κ2) is 78.1. The van der Waals surface area contributed by atoms with Crippen molar-refractivity contribution < 1.29 is 201 Å². The van der Waals surface area contributed by atoms with Crippen LogP contribution in [0.5, 0.6) is 0 Å². The van der Waals surface area contributed by atoms with Gasteiger partial charge in [-0.05, 0) is 36.0 Å². The SMILES string of the molecule is C.C.C.C.C=Cc1cc[c-]cc1.CCC(C)c1cc[c-]cc1.CCC(C)c1cc[c-]cc1.CCC(C)c1cc[c-]cc1.CCC(CC(C)c1cc[c-]cc1)c1cc[c-]cc1.CCS(=O)(=O)[O-].O.O.O=S(=O)([O-])CO.[CH3-].[CH3-].[W+2].[W+2].[W].[W].[W].[W].[Y]. The fourth-order valence-corrected chi connectivity index (χ4v) is 5.93. The van der Waals surface area contributed by atoms with Crippen LogP contribution in [0.4, 0.5) is 0 Å². The molecule has 0 aliphatic heterocycles. The fraction of sp³-hybridized carbons (Fsp3) is 0.385. The maximum Gasteiger partial charge on any atom is 2.00 e. The van der Waals surface area contributed by atoms with Gasteiger partial charge in [0.15, 0.2) is 0 Å². The number of aliphatic hydroxyl groups excluding tert-OH is 1. The molecule has 6 aromatic carbocycles. The van der Waals surface area contributed by atoms with Gasteiger partial charge in [-0.3, -0.25) is 0 Å². The van der Waals surface area contributed by atoms with Gasteiger partial charge in [-0.2, -0.15) is 210 Å². The van der Waals surface area contributed by atoms with Crippen LogP contribution >= 0.6 is 0 Å². The molecule has 6 rings (SSSR count). The molecule has 5 atom stereocenters. The van der Waals surface area contributed by atoms with Crippen molar-refractivity contribution in [3.63, 3.8) is 0 Å². The van der Waals surface area contributed by atoms with Crippen molar-refractivity contribution in [1.29, 1.82) is 0 Å². The number of hydrogen-bond acceptors (Lipinski definition) is 7. The van der Waals surface area contributed by atoms with E-state index in [1.807, 2.05) is 91.0 Å². The van der Waals surface area contributed by atoms with Crippen LogP contribution in [0, 0.1) is 51.3 Å². The van der Waals surface area contributed by atoms with Crippen molar-refractivity contribution in [2.45, 2.75) is 154 Å². The van der Waals surface area contributed by atoms with E-state index >= 15 is 0 Å². The van der Waals surface area contributed by atoms with Crippen LogP contribution in [0.2, 0.25) is 0 Å². The summed E-state index contributed by atoms with van der Waals surface area (Å²) in [5, 5.41) is 7.50. The Morgan fingerprint density at radius 2 is 0.639 bits per heavy atom. The van der Waals surface area contributed by atoms with Crippen LogP contribution in [-0.2, 0) is 179 Å². The zero-order valence-electron chi connectivity index (χ0n) is 47.7. The summed E-state index contributed by atoms with van der Waals surface area (Å²) in [6.45, 7) is 22.9. The summed E-state index contributed by atoms with van der Waals surface area (Å²) in [7, 11) is -8.27. The van der Waals surface area contributed by atoms with Gasteiger partial charge in [0.25, 0.3) is 0 Å². The summed E-state index contributed by atoms with van der Waals surface area (Å²) in [6, 6.07) is 67.2. The predicted octanol–water partition coefficient (Wildman–Crippen LogP) is 15.9. The van der Waals surface area contributed by atoms with E-state index in [9.17, 15) is 25.9 Å². The molecule has 471 valence electrons. The first-order valence-corrected chi connectivity index (χ1v) is 26.4. The Balaban J connectivity index is -0.0000000450. The second-order valence-corrected chi connectivity index (χ2v) is 19.0. The molecular formula is C65H100O9S2W6Y-6. The summed E-state index contributed by atoms with van der Waals surface area (Å²) in [6.07, 6.45) is 7.84. The summed E-state index contributed by atoms with van der Waals surface area (Å²) in [5.41, 5.74) is 8.24. The van der Waals surface area contributed by atoms with Gasteiger partial charge < -0.3 is 40.0 Å². The van der Waals surface area contributed by atoms with E-state index in [0.717, 1.165) is 5.56 Å². The first kappa shape index (κ1) is 124. The van der Waals surface area contributed by atoms with Gasteiger partial charge in [0.1, 0.15) is 16.1 Å². The topological polar surface area (TPSA) is 198 Å². The molecule has 0 aliphatic rings. The normalized spacial score (nSPS) is 10.3. The Hall–Kier alpha value is -0.00623. The quantitative estimate of drug-likeness (QED) is 0.0826. The van der Waals surface area contributed by atoms with E-state index in [1.165, 1.54) is 66.8 Å². The zero-order chi connectivity index (χ0) is 51.2.